The molecule has 0 aromatic heterocycles. The van der Waals surface area contributed by atoms with Crippen LogP contribution in [0.15, 0.2) is 0 Å². The Balaban J connectivity index is 5.24. The van der Waals surface area contributed by atoms with Crippen molar-refractivity contribution in [2.24, 2.45) is 5.92 Å². The molecule has 0 rings (SSSR count). The lowest BCUT2D eigenvalue weighted by atomic mass is 10.0. The summed E-state index contributed by atoms with van der Waals surface area (Å²) in [5, 5.41) is 10.7. The van der Waals surface area contributed by atoms with Crippen LogP contribution in [0.4, 0.5) is 0 Å². The summed E-state index contributed by atoms with van der Waals surface area (Å²) in [4.78, 5) is 73.2. The topological polar surface area (TPSA) is 237 Å². The molecule has 0 spiro atoms. The standard InChI is InChI=1S/C86H168O17P2/c1-6-9-12-15-18-21-24-26-28-30-32-36-40-45-50-55-60-65-70-84(89)97-76-82(103-86(91)72-67-62-57-52-47-42-38-34-35-39-44-48-53-58-63-68-79(4)5)78-101-105(94,95)99-74-80(87)73-98-104(92,93)100-77-81(75-96-83(88)69-64-59-54-49-43-23-20-17-14-11-8-3)102-85(90)71-66-61-56-51-46-41-37-33-31-29-27-25-22-19-16-13-10-7-2/h79-82,87H,6-78H2,1-5H3,(H,92,93)(H,94,95)/t80-,81+,82+/m0/s1. The summed E-state index contributed by atoms with van der Waals surface area (Å²) < 4.78 is 68.9. The highest BCUT2D eigenvalue weighted by Crippen LogP contribution is 2.45. The first kappa shape index (κ1) is 103. The van der Waals surface area contributed by atoms with Crippen LogP contribution in [-0.4, -0.2) is 96.7 Å². The van der Waals surface area contributed by atoms with Gasteiger partial charge in [-0.1, -0.05) is 413 Å². The van der Waals surface area contributed by atoms with Crippen molar-refractivity contribution in [3.8, 4) is 0 Å². The lowest BCUT2D eigenvalue weighted by molar-refractivity contribution is -0.161. The Bertz CT molecular complexity index is 2000. The van der Waals surface area contributed by atoms with Crippen molar-refractivity contribution in [2.75, 3.05) is 39.6 Å². The first-order valence-electron chi connectivity index (χ1n) is 44.6. The van der Waals surface area contributed by atoms with E-state index in [0.29, 0.717) is 25.7 Å². The summed E-state index contributed by atoms with van der Waals surface area (Å²) in [5.74, 6) is -1.30. The van der Waals surface area contributed by atoms with Gasteiger partial charge in [-0.25, -0.2) is 9.13 Å². The van der Waals surface area contributed by atoms with Crippen LogP contribution in [0.2, 0.25) is 0 Å². The van der Waals surface area contributed by atoms with Crippen molar-refractivity contribution in [2.45, 2.75) is 483 Å². The lowest BCUT2D eigenvalue weighted by Crippen LogP contribution is -2.30. The Kier molecular flexibility index (Phi) is 77.3. The number of ether oxygens (including phenoxy) is 4. The molecule has 0 aliphatic heterocycles. The molecule has 0 aromatic rings. The van der Waals surface area contributed by atoms with Crippen LogP contribution in [0.1, 0.15) is 465 Å². The molecule has 17 nitrogen and oxygen atoms in total. The van der Waals surface area contributed by atoms with Crippen LogP contribution < -0.4 is 0 Å². The zero-order chi connectivity index (χ0) is 76.9. The smallest absolute Gasteiger partial charge is 0.462 e. The summed E-state index contributed by atoms with van der Waals surface area (Å²) in [6.07, 6.45) is 72.1. The second-order valence-electron chi connectivity index (χ2n) is 31.4. The molecule has 0 bridgehead atoms. The fourth-order valence-corrected chi connectivity index (χ4v) is 15.1. The first-order valence-corrected chi connectivity index (χ1v) is 47.6. The predicted octanol–water partition coefficient (Wildman–Crippen LogP) is 26.4. The van der Waals surface area contributed by atoms with Crippen molar-refractivity contribution in [3.05, 3.63) is 0 Å². The van der Waals surface area contributed by atoms with Gasteiger partial charge in [-0.15, -0.1) is 0 Å². The molecule has 624 valence electrons. The van der Waals surface area contributed by atoms with E-state index in [-0.39, 0.29) is 25.7 Å². The van der Waals surface area contributed by atoms with Gasteiger partial charge in [0.15, 0.2) is 12.2 Å². The van der Waals surface area contributed by atoms with E-state index < -0.39 is 97.5 Å². The highest BCUT2D eigenvalue weighted by atomic mass is 31.2. The van der Waals surface area contributed by atoms with Crippen molar-refractivity contribution in [3.63, 3.8) is 0 Å². The molecule has 0 saturated carbocycles. The minimum absolute atomic E-state index is 0.109. The van der Waals surface area contributed by atoms with Gasteiger partial charge in [-0.2, -0.15) is 0 Å². The molecule has 2 unspecified atom stereocenters. The summed E-state index contributed by atoms with van der Waals surface area (Å²) in [6, 6.07) is 0. The molecule has 0 aliphatic carbocycles. The van der Waals surface area contributed by atoms with Crippen LogP contribution in [-0.2, 0) is 65.4 Å². The SMILES string of the molecule is CCCCCCCCCCCCCCCCCCCCC(=O)OC[C@H](COP(=O)(O)OC[C@@H](O)COP(=O)(O)OC[C@@H](COC(=O)CCCCCCCCCCCCC)OC(=O)CCCCCCCCCCCCCCCCCCCC)OC(=O)CCCCCCCCCCCCCCCCCC(C)C. The zero-order valence-electron chi connectivity index (χ0n) is 68.9. The zero-order valence-corrected chi connectivity index (χ0v) is 70.7. The Morgan fingerprint density at radius 1 is 0.257 bits per heavy atom. The number of phosphoric acid groups is 2. The van der Waals surface area contributed by atoms with E-state index in [0.717, 1.165) is 95.8 Å². The molecule has 105 heavy (non-hydrogen) atoms. The maximum absolute atomic E-state index is 13.1. The molecule has 5 atom stereocenters. The quantitative estimate of drug-likeness (QED) is 0.0222. The molecule has 3 N–H and O–H groups in total. The number of esters is 4. The Hall–Kier alpha value is -1.94. The third-order valence-corrected chi connectivity index (χ3v) is 22.2. The molecular weight excluding hydrogens is 1370 g/mol. The van der Waals surface area contributed by atoms with Crippen LogP contribution in [0.5, 0.6) is 0 Å². The fraction of sp³-hybridized carbons (Fsp3) is 0.953. The maximum atomic E-state index is 13.1. The van der Waals surface area contributed by atoms with Gasteiger partial charge in [-0.3, -0.25) is 37.3 Å². The van der Waals surface area contributed by atoms with Gasteiger partial charge in [0.05, 0.1) is 26.4 Å². The number of aliphatic hydroxyl groups excluding tert-OH is 1. The first-order chi connectivity index (χ1) is 51.0. The number of carbonyl (C=O) groups excluding carboxylic acids is 4. The lowest BCUT2D eigenvalue weighted by Gasteiger charge is -2.21. The van der Waals surface area contributed by atoms with Gasteiger partial charge < -0.3 is 33.8 Å². The normalized spacial score (nSPS) is 13.8. The summed E-state index contributed by atoms with van der Waals surface area (Å²) >= 11 is 0. The third-order valence-electron chi connectivity index (χ3n) is 20.3. The van der Waals surface area contributed by atoms with Crippen molar-refractivity contribution in [1.82, 2.24) is 0 Å². The highest BCUT2D eigenvalue weighted by Gasteiger charge is 2.30. The molecule has 0 fully saturated rings. The molecule has 0 saturated heterocycles. The number of rotatable bonds is 86. The average Bonchev–Trinajstić information content (AvgIpc) is 0.910. The van der Waals surface area contributed by atoms with E-state index in [2.05, 4.69) is 34.6 Å². The molecule has 0 aliphatic rings. The number of unbranched alkanes of at least 4 members (excludes halogenated alkanes) is 58. The third kappa shape index (κ3) is 79.9. The molecule has 0 aromatic carbocycles. The minimum atomic E-state index is -4.96. The van der Waals surface area contributed by atoms with Crippen molar-refractivity contribution in [1.29, 1.82) is 0 Å². The van der Waals surface area contributed by atoms with Crippen molar-refractivity contribution < 1.29 is 80.2 Å². The Morgan fingerprint density at radius 2 is 0.438 bits per heavy atom. The van der Waals surface area contributed by atoms with Gasteiger partial charge in [0.25, 0.3) is 0 Å². The number of hydrogen-bond acceptors (Lipinski definition) is 15. The maximum Gasteiger partial charge on any atom is 0.472 e. The summed E-state index contributed by atoms with van der Waals surface area (Å²) in [7, 11) is -9.93. The van der Waals surface area contributed by atoms with E-state index in [4.69, 9.17) is 37.0 Å². The van der Waals surface area contributed by atoms with E-state index in [1.54, 1.807) is 0 Å². The predicted molar refractivity (Wildman–Crippen MR) is 432 cm³/mol. The average molecular weight is 1540 g/mol. The van der Waals surface area contributed by atoms with Gasteiger partial charge in [0, 0.05) is 25.7 Å². The van der Waals surface area contributed by atoms with Gasteiger partial charge in [0.1, 0.15) is 19.3 Å². The van der Waals surface area contributed by atoms with Gasteiger partial charge in [0.2, 0.25) is 0 Å². The molecule has 0 amide bonds. The van der Waals surface area contributed by atoms with E-state index in [1.165, 1.54) is 289 Å². The molecule has 19 heteroatoms. The van der Waals surface area contributed by atoms with Gasteiger partial charge in [-0.05, 0) is 31.6 Å². The molecule has 0 heterocycles. The Morgan fingerprint density at radius 3 is 0.648 bits per heavy atom. The van der Waals surface area contributed by atoms with Crippen LogP contribution in [0.25, 0.3) is 0 Å². The highest BCUT2D eigenvalue weighted by molar-refractivity contribution is 7.47. The molecular formula is C86H168O17P2. The van der Waals surface area contributed by atoms with Crippen molar-refractivity contribution >= 4 is 39.5 Å². The minimum Gasteiger partial charge on any atom is -0.462 e. The number of carbonyl (C=O) groups is 4. The van der Waals surface area contributed by atoms with E-state index in [1.807, 2.05) is 0 Å². The van der Waals surface area contributed by atoms with E-state index in [9.17, 15) is 43.2 Å². The number of hydrogen-bond donors (Lipinski definition) is 3. The van der Waals surface area contributed by atoms with Crippen LogP contribution in [0, 0.1) is 5.92 Å². The van der Waals surface area contributed by atoms with Gasteiger partial charge >= 0.3 is 39.5 Å². The summed E-state index contributed by atoms with van der Waals surface area (Å²) in [6.45, 7) is 7.40. The molecule has 0 radical (unpaired) electrons. The van der Waals surface area contributed by atoms with Crippen LogP contribution >= 0.6 is 15.6 Å². The van der Waals surface area contributed by atoms with E-state index >= 15 is 0 Å². The second kappa shape index (κ2) is 78.7. The second-order valence-corrected chi connectivity index (χ2v) is 34.3. The number of phosphoric ester groups is 2. The summed E-state index contributed by atoms with van der Waals surface area (Å²) in [5.41, 5.74) is 0. The Labute approximate surface area is 645 Å². The fourth-order valence-electron chi connectivity index (χ4n) is 13.5. The van der Waals surface area contributed by atoms with Crippen LogP contribution in [0.3, 0.4) is 0 Å². The number of aliphatic hydroxyl groups is 1. The monoisotopic (exact) mass is 1540 g/mol. The largest absolute Gasteiger partial charge is 0.472 e.